The van der Waals surface area contributed by atoms with Crippen LogP contribution in [0, 0.1) is 0 Å². The van der Waals surface area contributed by atoms with Gasteiger partial charge in [-0.15, -0.1) is 0 Å². The molecule has 1 unspecified atom stereocenters. The highest BCUT2D eigenvalue weighted by atomic mass is 16.2. The molecule has 1 aromatic carbocycles. The number of likely N-dealkylation sites (tertiary alicyclic amines) is 1. The van der Waals surface area contributed by atoms with E-state index in [0.29, 0.717) is 12.0 Å². The number of amides is 1. The van der Waals surface area contributed by atoms with E-state index >= 15 is 0 Å². The summed E-state index contributed by atoms with van der Waals surface area (Å²) in [5.41, 5.74) is 1.30. The molecule has 2 rings (SSSR count). The molecule has 1 aliphatic heterocycles. The van der Waals surface area contributed by atoms with E-state index in [0.717, 1.165) is 45.6 Å². The largest absolute Gasteiger partial charge is 0.357 e. The Balaban J connectivity index is 1.80. The van der Waals surface area contributed by atoms with Crippen LogP contribution in [-0.4, -0.2) is 67.5 Å². The highest BCUT2D eigenvalue weighted by molar-refractivity contribution is 5.85. The predicted octanol–water partition coefficient (Wildman–Crippen LogP) is 1.68. The molecule has 0 radical (unpaired) electrons. The summed E-state index contributed by atoms with van der Waals surface area (Å²) < 4.78 is 0. The molecular weight excluding hydrogens is 326 g/mol. The summed E-state index contributed by atoms with van der Waals surface area (Å²) in [6.07, 6.45) is 2.22. The van der Waals surface area contributed by atoms with E-state index in [1.165, 1.54) is 5.56 Å². The zero-order valence-corrected chi connectivity index (χ0v) is 16.4. The van der Waals surface area contributed by atoms with Crippen LogP contribution in [0.5, 0.6) is 0 Å². The molecule has 1 fully saturated rings. The van der Waals surface area contributed by atoms with Crippen molar-refractivity contribution in [2.45, 2.75) is 39.3 Å². The summed E-state index contributed by atoms with van der Waals surface area (Å²) in [6.45, 7) is 8.64. The Morgan fingerprint density at radius 1 is 1.23 bits per heavy atom. The van der Waals surface area contributed by atoms with Gasteiger partial charge < -0.3 is 15.5 Å². The Morgan fingerprint density at radius 3 is 2.58 bits per heavy atom. The predicted molar refractivity (Wildman–Crippen MR) is 107 cm³/mol. The quantitative estimate of drug-likeness (QED) is 0.548. The molecule has 1 aliphatic rings. The number of nitrogens with zero attached hydrogens (tertiary/aromatic N) is 3. The summed E-state index contributed by atoms with van der Waals surface area (Å²) in [6, 6.07) is 10.8. The summed E-state index contributed by atoms with van der Waals surface area (Å²) in [5, 5.41) is 6.58. The number of carbonyl (C=O) groups excluding carboxylic acids is 1. The van der Waals surface area contributed by atoms with Crippen LogP contribution in [0.2, 0.25) is 0 Å². The van der Waals surface area contributed by atoms with Gasteiger partial charge in [0.1, 0.15) is 6.54 Å². The molecule has 6 nitrogen and oxygen atoms in total. The molecule has 0 bridgehead atoms. The number of aliphatic imine (C=N–C) groups is 1. The van der Waals surface area contributed by atoms with Gasteiger partial charge in [-0.2, -0.15) is 0 Å². The van der Waals surface area contributed by atoms with Crippen LogP contribution in [0.4, 0.5) is 0 Å². The summed E-state index contributed by atoms with van der Waals surface area (Å²) >= 11 is 0. The molecule has 1 amide bonds. The lowest BCUT2D eigenvalue weighted by Crippen LogP contribution is -2.45. The fraction of sp³-hybridized carbons (Fsp3) is 0.600. The SMILES string of the molecule is CCNC(=NCC(=O)N1CCCC1)NCC(C)N(C)Cc1ccccc1. The fourth-order valence-electron chi connectivity index (χ4n) is 2.98. The van der Waals surface area contributed by atoms with Crippen molar-refractivity contribution in [2.24, 2.45) is 4.99 Å². The van der Waals surface area contributed by atoms with Gasteiger partial charge in [-0.1, -0.05) is 30.3 Å². The molecule has 144 valence electrons. The van der Waals surface area contributed by atoms with E-state index in [9.17, 15) is 4.79 Å². The van der Waals surface area contributed by atoms with Crippen molar-refractivity contribution in [3.8, 4) is 0 Å². The van der Waals surface area contributed by atoms with Crippen molar-refractivity contribution in [3.05, 3.63) is 35.9 Å². The lowest BCUT2D eigenvalue weighted by atomic mass is 10.2. The first kappa shape index (κ1) is 20.2. The second-order valence-electron chi connectivity index (χ2n) is 6.91. The van der Waals surface area contributed by atoms with Crippen molar-refractivity contribution >= 4 is 11.9 Å². The number of likely N-dealkylation sites (N-methyl/N-ethyl adjacent to an activating group) is 1. The van der Waals surface area contributed by atoms with Crippen molar-refractivity contribution in [3.63, 3.8) is 0 Å². The van der Waals surface area contributed by atoms with Crippen LogP contribution in [0.15, 0.2) is 35.3 Å². The first-order valence-corrected chi connectivity index (χ1v) is 9.64. The van der Waals surface area contributed by atoms with E-state index < -0.39 is 0 Å². The number of benzene rings is 1. The lowest BCUT2D eigenvalue weighted by molar-refractivity contribution is -0.128. The van der Waals surface area contributed by atoms with Crippen LogP contribution in [0.25, 0.3) is 0 Å². The van der Waals surface area contributed by atoms with Gasteiger partial charge in [0.05, 0.1) is 0 Å². The lowest BCUT2D eigenvalue weighted by Gasteiger charge is -2.26. The van der Waals surface area contributed by atoms with E-state index in [1.54, 1.807) is 0 Å². The number of nitrogens with one attached hydrogen (secondary N) is 2. The highest BCUT2D eigenvalue weighted by Gasteiger charge is 2.17. The fourth-order valence-corrected chi connectivity index (χ4v) is 2.98. The maximum absolute atomic E-state index is 12.2. The normalized spacial score (nSPS) is 16.0. The Labute approximate surface area is 157 Å². The maximum Gasteiger partial charge on any atom is 0.244 e. The van der Waals surface area contributed by atoms with Crippen LogP contribution >= 0.6 is 0 Å². The number of rotatable bonds is 8. The van der Waals surface area contributed by atoms with Crippen LogP contribution < -0.4 is 10.6 Å². The smallest absolute Gasteiger partial charge is 0.244 e. The van der Waals surface area contributed by atoms with E-state index in [1.807, 2.05) is 17.9 Å². The topological polar surface area (TPSA) is 60.0 Å². The van der Waals surface area contributed by atoms with Crippen molar-refractivity contribution < 1.29 is 4.79 Å². The number of hydrogen-bond donors (Lipinski definition) is 2. The van der Waals surface area contributed by atoms with Gasteiger partial charge in [0, 0.05) is 38.8 Å². The van der Waals surface area contributed by atoms with Gasteiger partial charge in [0.15, 0.2) is 5.96 Å². The third kappa shape index (κ3) is 6.67. The Kier molecular flexibility index (Phi) is 8.41. The molecule has 1 heterocycles. The highest BCUT2D eigenvalue weighted by Crippen LogP contribution is 2.07. The average molecular weight is 360 g/mol. The van der Waals surface area contributed by atoms with Gasteiger partial charge in [0.2, 0.25) is 5.91 Å². The van der Waals surface area contributed by atoms with Gasteiger partial charge >= 0.3 is 0 Å². The Hall–Kier alpha value is -2.08. The average Bonchev–Trinajstić information content (AvgIpc) is 3.19. The Bertz CT molecular complexity index is 569. The second kappa shape index (κ2) is 10.8. The van der Waals surface area contributed by atoms with E-state index in [-0.39, 0.29) is 12.5 Å². The Morgan fingerprint density at radius 2 is 1.92 bits per heavy atom. The van der Waals surface area contributed by atoms with Gasteiger partial charge in [-0.05, 0) is 39.3 Å². The molecule has 26 heavy (non-hydrogen) atoms. The number of hydrogen-bond acceptors (Lipinski definition) is 3. The molecule has 6 heteroatoms. The standard InChI is InChI=1S/C20H33N5O/c1-4-21-20(23-15-19(26)25-12-8-9-13-25)22-14-17(2)24(3)16-18-10-6-5-7-11-18/h5-7,10-11,17H,4,8-9,12-16H2,1-3H3,(H2,21,22,23). The molecule has 0 aromatic heterocycles. The third-order valence-electron chi connectivity index (χ3n) is 4.77. The molecule has 0 saturated carbocycles. The first-order chi connectivity index (χ1) is 12.6. The molecule has 0 aliphatic carbocycles. The van der Waals surface area contributed by atoms with Crippen LogP contribution in [-0.2, 0) is 11.3 Å². The van der Waals surface area contributed by atoms with Crippen LogP contribution in [0.3, 0.4) is 0 Å². The molecule has 2 N–H and O–H groups in total. The second-order valence-corrected chi connectivity index (χ2v) is 6.91. The summed E-state index contributed by atoms with van der Waals surface area (Å²) in [5.74, 6) is 0.828. The molecular formula is C20H33N5O. The molecule has 1 saturated heterocycles. The summed E-state index contributed by atoms with van der Waals surface area (Å²) in [7, 11) is 2.13. The van der Waals surface area contributed by atoms with Gasteiger partial charge in [0.25, 0.3) is 0 Å². The number of guanidine groups is 1. The van der Waals surface area contributed by atoms with Crippen molar-refractivity contribution in [1.29, 1.82) is 0 Å². The van der Waals surface area contributed by atoms with Gasteiger partial charge in [-0.25, -0.2) is 4.99 Å². The monoisotopic (exact) mass is 359 g/mol. The van der Waals surface area contributed by atoms with E-state index in [4.69, 9.17) is 0 Å². The zero-order valence-electron chi connectivity index (χ0n) is 16.4. The van der Waals surface area contributed by atoms with E-state index in [2.05, 4.69) is 58.8 Å². The maximum atomic E-state index is 12.2. The summed E-state index contributed by atoms with van der Waals surface area (Å²) in [4.78, 5) is 20.8. The van der Waals surface area contributed by atoms with Crippen molar-refractivity contribution in [1.82, 2.24) is 20.4 Å². The molecule has 0 spiro atoms. The minimum absolute atomic E-state index is 0.119. The molecule has 1 aromatic rings. The minimum Gasteiger partial charge on any atom is -0.357 e. The zero-order chi connectivity index (χ0) is 18.8. The van der Waals surface area contributed by atoms with Crippen LogP contribution in [0.1, 0.15) is 32.3 Å². The van der Waals surface area contributed by atoms with Gasteiger partial charge in [-0.3, -0.25) is 9.69 Å². The third-order valence-corrected chi connectivity index (χ3v) is 4.77. The molecule has 1 atom stereocenters. The first-order valence-electron chi connectivity index (χ1n) is 9.64. The minimum atomic E-state index is 0.119. The van der Waals surface area contributed by atoms with Crippen molar-refractivity contribution in [2.75, 3.05) is 39.8 Å². The number of carbonyl (C=O) groups is 1.